The number of rotatable bonds is 5. The Morgan fingerprint density at radius 2 is 1.83 bits per heavy atom. The Morgan fingerprint density at radius 3 is 2.59 bits per heavy atom. The predicted molar refractivity (Wildman–Crippen MR) is 109 cm³/mol. The van der Waals surface area contributed by atoms with E-state index in [9.17, 15) is 19.7 Å². The minimum atomic E-state index is -0.514. The molecule has 1 amide bonds. The third-order valence-electron chi connectivity index (χ3n) is 5.29. The van der Waals surface area contributed by atoms with E-state index in [0.717, 1.165) is 23.9 Å². The van der Waals surface area contributed by atoms with Gasteiger partial charge in [0.1, 0.15) is 5.69 Å². The van der Waals surface area contributed by atoms with Crippen LogP contribution in [0.15, 0.2) is 53.3 Å². The molecule has 2 N–H and O–H groups in total. The average molecular weight is 395 g/mol. The number of hydrogen-bond acceptors (Lipinski definition) is 5. The topological polar surface area (TPSA) is 113 Å². The van der Waals surface area contributed by atoms with Crippen molar-refractivity contribution in [1.29, 1.82) is 0 Å². The van der Waals surface area contributed by atoms with Crippen LogP contribution < -0.4 is 11.0 Å². The normalized spacial score (nSPS) is 15.4. The quantitative estimate of drug-likeness (QED) is 0.509. The van der Waals surface area contributed by atoms with Crippen molar-refractivity contribution in [1.82, 2.24) is 14.5 Å². The molecular formula is C20H21N5O4. The van der Waals surface area contributed by atoms with Crippen molar-refractivity contribution < 1.29 is 9.72 Å². The third kappa shape index (κ3) is 3.90. The third-order valence-corrected chi connectivity index (χ3v) is 5.29. The molecule has 0 saturated carbocycles. The number of aromatic amines is 1. The van der Waals surface area contributed by atoms with Gasteiger partial charge in [0, 0.05) is 25.2 Å². The largest absolute Gasteiger partial charge is 0.326 e. The summed E-state index contributed by atoms with van der Waals surface area (Å²) >= 11 is 0. The SMILES string of the molecule is O=C(CN1CCC(n2c(=O)[nH]c3ccccc32)CC1)Nc1ccccc1[N+](=O)[O-]. The molecule has 0 spiro atoms. The number of nitrogens with one attached hydrogen (secondary N) is 2. The molecule has 0 bridgehead atoms. The maximum absolute atomic E-state index is 12.4. The van der Waals surface area contributed by atoms with Crippen LogP contribution in [0.3, 0.4) is 0 Å². The van der Waals surface area contributed by atoms with Crippen molar-refractivity contribution in [3.8, 4) is 0 Å². The van der Waals surface area contributed by atoms with E-state index in [4.69, 9.17) is 0 Å². The molecule has 0 radical (unpaired) electrons. The van der Waals surface area contributed by atoms with Gasteiger partial charge in [0.25, 0.3) is 5.69 Å². The van der Waals surface area contributed by atoms with Crippen molar-refractivity contribution in [2.24, 2.45) is 0 Å². The number of aromatic nitrogens is 2. The molecule has 150 valence electrons. The first-order valence-corrected chi connectivity index (χ1v) is 9.48. The number of benzene rings is 2. The second-order valence-electron chi connectivity index (χ2n) is 7.15. The number of piperidine rings is 1. The van der Waals surface area contributed by atoms with Crippen LogP contribution in [-0.4, -0.2) is 44.9 Å². The molecular weight excluding hydrogens is 374 g/mol. The van der Waals surface area contributed by atoms with E-state index in [2.05, 4.69) is 10.3 Å². The van der Waals surface area contributed by atoms with Gasteiger partial charge in [0.05, 0.1) is 22.5 Å². The van der Waals surface area contributed by atoms with Crippen LogP contribution in [0.25, 0.3) is 11.0 Å². The molecule has 29 heavy (non-hydrogen) atoms. The molecule has 9 heteroatoms. The lowest BCUT2D eigenvalue weighted by molar-refractivity contribution is -0.383. The minimum absolute atomic E-state index is 0.0770. The summed E-state index contributed by atoms with van der Waals surface area (Å²) in [4.78, 5) is 40.2. The molecule has 4 rings (SSSR count). The van der Waals surface area contributed by atoms with Gasteiger partial charge in [-0.2, -0.15) is 0 Å². The zero-order valence-electron chi connectivity index (χ0n) is 15.7. The number of imidazole rings is 1. The Balaban J connectivity index is 1.38. The maximum Gasteiger partial charge on any atom is 0.326 e. The van der Waals surface area contributed by atoms with Crippen LogP contribution in [0, 0.1) is 10.1 Å². The molecule has 0 unspecified atom stereocenters. The highest BCUT2D eigenvalue weighted by molar-refractivity contribution is 5.94. The van der Waals surface area contributed by atoms with E-state index < -0.39 is 4.92 Å². The summed E-state index contributed by atoms with van der Waals surface area (Å²) in [7, 11) is 0. The molecule has 1 saturated heterocycles. The number of H-pyrrole nitrogens is 1. The minimum Gasteiger partial charge on any atom is -0.319 e. The van der Waals surface area contributed by atoms with E-state index in [1.54, 1.807) is 16.7 Å². The summed E-state index contributed by atoms with van der Waals surface area (Å²) in [6.07, 6.45) is 1.50. The fraction of sp³-hybridized carbons (Fsp3) is 0.300. The second kappa shape index (κ2) is 7.88. The van der Waals surface area contributed by atoms with Gasteiger partial charge in [-0.15, -0.1) is 0 Å². The summed E-state index contributed by atoms with van der Waals surface area (Å²) in [5.41, 5.74) is 1.67. The van der Waals surface area contributed by atoms with Crippen LogP contribution in [0.2, 0.25) is 0 Å². The molecule has 0 atom stereocenters. The van der Waals surface area contributed by atoms with E-state index in [1.165, 1.54) is 12.1 Å². The number of anilines is 1. The number of amides is 1. The Hall–Kier alpha value is -3.46. The molecule has 1 aromatic heterocycles. The number of nitrogens with zero attached hydrogens (tertiary/aromatic N) is 3. The zero-order valence-corrected chi connectivity index (χ0v) is 15.7. The fourth-order valence-corrected chi connectivity index (χ4v) is 3.90. The molecule has 0 aliphatic carbocycles. The van der Waals surface area contributed by atoms with Crippen LogP contribution in [-0.2, 0) is 4.79 Å². The molecule has 1 aliphatic rings. The summed E-state index contributed by atoms with van der Waals surface area (Å²) in [5, 5.41) is 13.7. The number of likely N-dealkylation sites (tertiary alicyclic amines) is 1. The highest BCUT2D eigenvalue weighted by Gasteiger charge is 2.25. The smallest absolute Gasteiger partial charge is 0.319 e. The standard InChI is InChI=1S/C20H21N5O4/c26-19(21-16-6-2-4-8-18(16)25(28)29)13-23-11-9-14(10-12-23)24-17-7-3-1-5-15(17)22-20(24)27/h1-8,14H,9-13H2,(H,21,26)(H,22,27). The average Bonchev–Trinajstić information content (AvgIpc) is 3.04. The van der Waals surface area contributed by atoms with E-state index in [-0.39, 0.29) is 35.6 Å². The number of hydrogen-bond donors (Lipinski definition) is 2. The van der Waals surface area contributed by atoms with E-state index in [1.807, 2.05) is 29.2 Å². The van der Waals surface area contributed by atoms with Crippen molar-refractivity contribution in [3.63, 3.8) is 0 Å². The first kappa shape index (κ1) is 18.9. The highest BCUT2D eigenvalue weighted by atomic mass is 16.6. The molecule has 1 aliphatic heterocycles. The van der Waals surface area contributed by atoms with Gasteiger partial charge >= 0.3 is 5.69 Å². The van der Waals surface area contributed by atoms with Gasteiger partial charge in [0.15, 0.2) is 0 Å². The number of nitro benzene ring substituents is 1. The van der Waals surface area contributed by atoms with Crippen LogP contribution in [0.4, 0.5) is 11.4 Å². The monoisotopic (exact) mass is 395 g/mol. The zero-order chi connectivity index (χ0) is 20.4. The van der Waals surface area contributed by atoms with Gasteiger partial charge in [-0.3, -0.25) is 24.4 Å². The Morgan fingerprint density at radius 1 is 1.14 bits per heavy atom. The maximum atomic E-state index is 12.4. The molecule has 2 aromatic carbocycles. The van der Waals surface area contributed by atoms with Gasteiger partial charge < -0.3 is 10.3 Å². The van der Waals surface area contributed by atoms with Crippen molar-refractivity contribution in [2.75, 3.05) is 25.0 Å². The van der Waals surface area contributed by atoms with E-state index >= 15 is 0 Å². The number of carbonyl (C=O) groups excluding carboxylic acids is 1. The fourth-order valence-electron chi connectivity index (χ4n) is 3.90. The number of para-hydroxylation sites is 4. The number of nitro groups is 1. The Bertz CT molecular complexity index is 1110. The van der Waals surface area contributed by atoms with E-state index in [0.29, 0.717) is 13.1 Å². The van der Waals surface area contributed by atoms with Crippen LogP contribution in [0.1, 0.15) is 18.9 Å². The molecule has 3 aromatic rings. The first-order valence-electron chi connectivity index (χ1n) is 9.48. The Kier molecular flexibility index (Phi) is 5.13. The van der Waals surface area contributed by atoms with Gasteiger partial charge in [-0.25, -0.2) is 4.79 Å². The lowest BCUT2D eigenvalue weighted by Gasteiger charge is -2.32. The number of carbonyl (C=O) groups is 1. The van der Waals surface area contributed by atoms with Gasteiger partial charge in [-0.1, -0.05) is 24.3 Å². The van der Waals surface area contributed by atoms with Gasteiger partial charge in [-0.05, 0) is 31.0 Å². The molecule has 2 heterocycles. The van der Waals surface area contributed by atoms with Crippen LogP contribution in [0.5, 0.6) is 0 Å². The molecule has 1 fully saturated rings. The Labute approximate surface area is 166 Å². The van der Waals surface area contributed by atoms with Gasteiger partial charge in [0.2, 0.25) is 5.91 Å². The van der Waals surface area contributed by atoms with Crippen molar-refractivity contribution in [3.05, 3.63) is 69.1 Å². The summed E-state index contributed by atoms with van der Waals surface area (Å²) in [6.45, 7) is 1.49. The van der Waals surface area contributed by atoms with Crippen molar-refractivity contribution in [2.45, 2.75) is 18.9 Å². The lowest BCUT2D eigenvalue weighted by atomic mass is 10.0. The number of fused-ring (bicyclic) bond motifs is 1. The second-order valence-corrected chi connectivity index (χ2v) is 7.15. The summed E-state index contributed by atoms with van der Waals surface area (Å²) < 4.78 is 1.81. The lowest BCUT2D eigenvalue weighted by Crippen LogP contribution is -2.41. The summed E-state index contributed by atoms with van der Waals surface area (Å²) in [5.74, 6) is -0.290. The predicted octanol–water partition coefficient (Wildman–Crippen LogP) is 2.51. The summed E-state index contributed by atoms with van der Waals surface area (Å²) in [6, 6.07) is 13.8. The van der Waals surface area contributed by atoms with Crippen LogP contribution >= 0.6 is 0 Å². The first-order chi connectivity index (χ1) is 14.0. The van der Waals surface area contributed by atoms with Crippen molar-refractivity contribution >= 4 is 28.3 Å². The molecule has 9 nitrogen and oxygen atoms in total. The highest BCUT2D eigenvalue weighted by Crippen LogP contribution is 2.26.